The van der Waals surface area contributed by atoms with Crippen LogP contribution in [0, 0.1) is 5.41 Å². The zero-order valence-corrected chi connectivity index (χ0v) is 13.6. The Morgan fingerprint density at radius 2 is 1.90 bits per heavy atom. The maximum absolute atomic E-state index is 3.65. The third-order valence-corrected chi connectivity index (χ3v) is 5.84. The van der Waals surface area contributed by atoms with Gasteiger partial charge in [0.25, 0.3) is 0 Å². The second-order valence-corrected chi connectivity index (χ2v) is 7.26. The Morgan fingerprint density at radius 1 is 1.10 bits per heavy atom. The fourth-order valence-electron chi connectivity index (χ4n) is 4.48. The lowest BCUT2D eigenvalue weighted by molar-refractivity contribution is 0.131. The highest BCUT2D eigenvalue weighted by molar-refractivity contribution is 5.24. The van der Waals surface area contributed by atoms with Gasteiger partial charge in [0.05, 0.1) is 0 Å². The van der Waals surface area contributed by atoms with E-state index in [1.165, 1.54) is 45.3 Å². The van der Waals surface area contributed by atoms with Crippen molar-refractivity contribution >= 4 is 0 Å². The number of piperidine rings is 1. The first-order chi connectivity index (χ1) is 10.2. The largest absolute Gasteiger partial charge is 0.316 e. The van der Waals surface area contributed by atoms with E-state index in [1.54, 1.807) is 5.56 Å². The minimum absolute atomic E-state index is 0.524. The second-order valence-electron chi connectivity index (χ2n) is 7.26. The van der Waals surface area contributed by atoms with Gasteiger partial charge in [0, 0.05) is 18.5 Å². The summed E-state index contributed by atoms with van der Waals surface area (Å²) in [5, 5.41) is 3.65. The molecule has 1 N–H and O–H groups in total. The highest BCUT2D eigenvalue weighted by atomic mass is 15.1. The van der Waals surface area contributed by atoms with Gasteiger partial charge in [0.2, 0.25) is 0 Å². The first kappa shape index (κ1) is 15.1. The van der Waals surface area contributed by atoms with Crippen LogP contribution in [-0.4, -0.2) is 37.1 Å². The zero-order chi connectivity index (χ0) is 14.7. The molecule has 0 aliphatic carbocycles. The third-order valence-electron chi connectivity index (χ3n) is 5.84. The van der Waals surface area contributed by atoms with Crippen molar-refractivity contribution in [3.05, 3.63) is 35.9 Å². The van der Waals surface area contributed by atoms with Gasteiger partial charge in [-0.2, -0.15) is 0 Å². The number of likely N-dealkylation sites (tertiary alicyclic amines) is 1. The summed E-state index contributed by atoms with van der Waals surface area (Å²) < 4.78 is 0. The Labute approximate surface area is 129 Å². The van der Waals surface area contributed by atoms with E-state index in [0.717, 1.165) is 6.54 Å². The predicted molar refractivity (Wildman–Crippen MR) is 89.7 cm³/mol. The SMILES string of the molecule is CC(C)N1CCCC2(CCNCC2c2ccccc2)CC1. The Hall–Kier alpha value is -0.860. The molecule has 2 aliphatic rings. The molecule has 0 aromatic heterocycles. The molecule has 2 fully saturated rings. The number of hydrogen-bond donors (Lipinski definition) is 1. The van der Waals surface area contributed by atoms with Crippen LogP contribution in [0.25, 0.3) is 0 Å². The van der Waals surface area contributed by atoms with Crippen molar-refractivity contribution in [3.8, 4) is 0 Å². The van der Waals surface area contributed by atoms with Crippen LogP contribution in [0.2, 0.25) is 0 Å². The topological polar surface area (TPSA) is 15.3 Å². The van der Waals surface area contributed by atoms with E-state index >= 15 is 0 Å². The fourth-order valence-corrected chi connectivity index (χ4v) is 4.48. The molecule has 2 nitrogen and oxygen atoms in total. The van der Waals surface area contributed by atoms with Crippen molar-refractivity contribution in [3.63, 3.8) is 0 Å². The lowest BCUT2D eigenvalue weighted by Crippen LogP contribution is -2.44. The molecule has 3 rings (SSSR count). The Kier molecular flexibility index (Phi) is 4.66. The third kappa shape index (κ3) is 3.17. The van der Waals surface area contributed by atoms with Crippen LogP contribution in [0.5, 0.6) is 0 Å². The van der Waals surface area contributed by atoms with Gasteiger partial charge in [-0.1, -0.05) is 30.3 Å². The maximum Gasteiger partial charge on any atom is 0.00385 e. The van der Waals surface area contributed by atoms with Crippen LogP contribution in [0.1, 0.15) is 51.0 Å². The predicted octanol–water partition coefficient (Wildman–Crippen LogP) is 3.64. The van der Waals surface area contributed by atoms with E-state index in [4.69, 9.17) is 0 Å². The van der Waals surface area contributed by atoms with E-state index < -0.39 is 0 Å². The maximum atomic E-state index is 3.65. The van der Waals surface area contributed by atoms with Gasteiger partial charge < -0.3 is 10.2 Å². The summed E-state index contributed by atoms with van der Waals surface area (Å²) >= 11 is 0. The molecule has 2 saturated heterocycles. The summed E-state index contributed by atoms with van der Waals surface area (Å²) in [6, 6.07) is 11.9. The molecule has 1 aromatic rings. The van der Waals surface area contributed by atoms with Crippen LogP contribution in [0.3, 0.4) is 0 Å². The Balaban J connectivity index is 1.83. The molecule has 0 radical (unpaired) electrons. The van der Waals surface area contributed by atoms with E-state index in [-0.39, 0.29) is 0 Å². The first-order valence-corrected chi connectivity index (χ1v) is 8.71. The Morgan fingerprint density at radius 3 is 2.67 bits per heavy atom. The van der Waals surface area contributed by atoms with Crippen molar-refractivity contribution in [2.45, 2.75) is 51.5 Å². The molecular formula is C19H30N2. The van der Waals surface area contributed by atoms with Crippen molar-refractivity contribution in [1.29, 1.82) is 0 Å². The summed E-state index contributed by atoms with van der Waals surface area (Å²) in [7, 11) is 0. The molecule has 1 spiro atoms. The molecule has 2 aliphatic heterocycles. The van der Waals surface area contributed by atoms with E-state index in [1.807, 2.05) is 0 Å². The van der Waals surface area contributed by atoms with Gasteiger partial charge in [-0.05, 0) is 70.1 Å². The van der Waals surface area contributed by atoms with Gasteiger partial charge in [-0.15, -0.1) is 0 Å². The summed E-state index contributed by atoms with van der Waals surface area (Å²) in [6.45, 7) is 9.61. The molecule has 2 heterocycles. The van der Waals surface area contributed by atoms with Gasteiger partial charge in [-0.25, -0.2) is 0 Å². The molecule has 2 heteroatoms. The minimum atomic E-state index is 0.524. The highest BCUT2D eigenvalue weighted by Crippen LogP contribution is 2.48. The molecule has 0 bridgehead atoms. The van der Waals surface area contributed by atoms with Crippen LogP contribution in [-0.2, 0) is 0 Å². The number of nitrogens with one attached hydrogen (secondary N) is 1. The molecule has 116 valence electrons. The summed E-state index contributed by atoms with van der Waals surface area (Å²) in [6.07, 6.45) is 5.48. The molecule has 21 heavy (non-hydrogen) atoms. The molecule has 1 aromatic carbocycles. The van der Waals surface area contributed by atoms with E-state index in [0.29, 0.717) is 17.4 Å². The normalized spacial score (nSPS) is 31.5. The van der Waals surface area contributed by atoms with Crippen molar-refractivity contribution in [2.24, 2.45) is 5.41 Å². The van der Waals surface area contributed by atoms with Crippen LogP contribution >= 0.6 is 0 Å². The molecule has 0 saturated carbocycles. The van der Waals surface area contributed by atoms with Gasteiger partial charge in [-0.3, -0.25) is 0 Å². The smallest absolute Gasteiger partial charge is 0.00385 e. The lowest BCUT2D eigenvalue weighted by atomic mass is 9.64. The number of benzene rings is 1. The standard InChI is InChI=1S/C19H30N2/c1-16(2)21-13-6-9-19(11-14-21)10-12-20-15-18(19)17-7-4-3-5-8-17/h3-5,7-8,16,18,20H,6,9-15H2,1-2H3. The number of nitrogens with zero attached hydrogens (tertiary/aromatic N) is 1. The minimum Gasteiger partial charge on any atom is -0.316 e. The van der Waals surface area contributed by atoms with Gasteiger partial charge in [0.1, 0.15) is 0 Å². The number of hydrogen-bond acceptors (Lipinski definition) is 2. The first-order valence-electron chi connectivity index (χ1n) is 8.71. The molecule has 0 amide bonds. The van der Waals surface area contributed by atoms with Gasteiger partial charge >= 0.3 is 0 Å². The lowest BCUT2D eigenvalue weighted by Gasteiger charge is -2.45. The van der Waals surface area contributed by atoms with Crippen molar-refractivity contribution in [1.82, 2.24) is 10.2 Å². The van der Waals surface area contributed by atoms with Crippen molar-refractivity contribution in [2.75, 3.05) is 26.2 Å². The molecular weight excluding hydrogens is 256 g/mol. The fraction of sp³-hybridized carbons (Fsp3) is 0.684. The summed E-state index contributed by atoms with van der Waals surface area (Å²) in [4.78, 5) is 2.68. The van der Waals surface area contributed by atoms with Gasteiger partial charge in [0.15, 0.2) is 0 Å². The summed E-state index contributed by atoms with van der Waals surface area (Å²) in [5.41, 5.74) is 2.07. The quantitative estimate of drug-likeness (QED) is 0.893. The van der Waals surface area contributed by atoms with E-state index in [2.05, 4.69) is 54.4 Å². The zero-order valence-electron chi connectivity index (χ0n) is 13.6. The van der Waals surface area contributed by atoms with E-state index in [9.17, 15) is 0 Å². The Bertz CT molecular complexity index is 442. The average Bonchev–Trinajstić information content (AvgIpc) is 2.72. The van der Waals surface area contributed by atoms with Crippen LogP contribution in [0.15, 0.2) is 30.3 Å². The highest BCUT2D eigenvalue weighted by Gasteiger charge is 2.42. The monoisotopic (exact) mass is 286 g/mol. The number of rotatable bonds is 2. The average molecular weight is 286 g/mol. The summed E-state index contributed by atoms with van der Waals surface area (Å²) in [5.74, 6) is 0.694. The van der Waals surface area contributed by atoms with Crippen LogP contribution < -0.4 is 5.32 Å². The van der Waals surface area contributed by atoms with Crippen LogP contribution in [0.4, 0.5) is 0 Å². The second kappa shape index (κ2) is 6.50. The molecule has 2 atom stereocenters. The molecule has 2 unspecified atom stereocenters. The van der Waals surface area contributed by atoms with Crippen molar-refractivity contribution < 1.29 is 0 Å².